The number of aromatic nitrogens is 17. The van der Waals surface area contributed by atoms with Crippen LogP contribution in [0.5, 0.6) is 0 Å². The Bertz CT molecular complexity index is 4730. The van der Waals surface area contributed by atoms with Crippen LogP contribution < -0.4 is 27.3 Å². The first-order chi connectivity index (χ1) is 42.3. The van der Waals surface area contributed by atoms with Gasteiger partial charge in [-0.2, -0.15) is 0 Å². The molecule has 16 rings (SSSR count). The average molecular weight is 1420 g/mol. The molecule has 0 atom stereocenters. The number of hydrogen-bond donors (Lipinski definition) is 3. The van der Waals surface area contributed by atoms with E-state index in [1.165, 1.54) is 44.2 Å². The van der Waals surface area contributed by atoms with E-state index in [1.54, 1.807) is 52.9 Å². The molecule has 3 aliphatic carbocycles. The normalized spacial score (nSPS) is 13.1. The Morgan fingerprint density at radius 2 is 1.18 bits per heavy atom. The maximum atomic E-state index is 13.5. The third kappa shape index (κ3) is 14.8. The first-order valence-electron chi connectivity index (χ1n) is 28.6. The maximum absolute atomic E-state index is 13.5. The van der Waals surface area contributed by atoms with Crippen LogP contribution in [0.2, 0.25) is 0 Å². The molecule has 3 aliphatic rings. The zero-order valence-corrected chi connectivity index (χ0v) is 54.1. The minimum Gasteiger partial charge on any atom is -0.358 e. The number of nitrogens with zero attached hydrogens (tertiary/aromatic N) is 15. The summed E-state index contributed by atoms with van der Waals surface area (Å²) in [6.07, 6.45) is 27.4. The number of hydrogen-bond acceptors (Lipinski definition) is 13. The van der Waals surface area contributed by atoms with Gasteiger partial charge in [0.2, 0.25) is 5.82 Å². The van der Waals surface area contributed by atoms with Crippen molar-refractivity contribution >= 4 is 61.7 Å². The van der Waals surface area contributed by atoms with E-state index in [0.29, 0.717) is 57.0 Å². The van der Waals surface area contributed by atoms with Crippen LogP contribution in [0.15, 0.2) is 197 Å². The van der Waals surface area contributed by atoms with E-state index >= 15 is 0 Å². The topological polar surface area (TPSA) is 242 Å². The fraction of sp³-hybridized carbons (Fsp3) is 0.215. The van der Waals surface area contributed by atoms with Crippen LogP contribution >= 0.6 is 15.9 Å². The van der Waals surface area contributed by atoms with E-state index in [4.69, 9.17) is 12.8 Å². The number of nitrogens with one attached hydrogen (secondary N) is 3. The maximum Gasteiger partial charge on any atom is 0.264 e. The van der Waals surface area contributed by atoms with Gasteiger partial charge >= 0.3 is 0 Å². The fourth-order valence-electron chi connectivity index (χ4n) is 9.83. The van der Waals surface area contributed by atoms with Crippen LogP contribution in [0.25, 0.3) is 72.5 Å². The Labute approximate surface area is 536 Å². The molecule has 2 radical (unpaired) electrons. The molecule has 10 aromatic heterocycles. The van der Waals surface area contributed by atoms with E-state index < -0.39 is 0 Å². The van der Waals surface area contributed by atoms with Crippen molar-refractivity contribution in [2.45, 2.75) is 76.2 Å². The van der Waals surface area contributed by atoms with Crippen LogP contribution in [-0.2, 0) is 21.1 Å². The Kier molecular flexibility index (Phi) is 19.5. The van der Waals surface area contributed by atoms with Crippen molar-refractivity contribution < 1.29 is 21.1 Å². The summed E-state index contributed by atoms with van der Waals surface area (Å²) in [5.74, 6) is 3.92. The second-order valence-corrected chi connectivity index (χ2v) is 22.9. The van der Waals surface area contributed by atoms with Crippen molar-refractivity contribution in [3.63, 3.8) is 0 Å². The summed E-state index contributed by atoms with van der Waals surface area (Å²) >= 11 is 3.31. The van der Waals surface area contributed by atoms with Gasteiger partial charge in [0.25, 0.3) is 16.7 Å². The third-order valence-electron chi connectivity index (χ3n) is 15.0. The zero-order valence-electron chi connectivity index (χ0n) is 49.6. The van der Waals surface area contributed by atoms with Crippen LogP contribution in [0.1, 0.15) is 93.2 Å². The predicted molar refractivity (Wildman–Crippen MR) is 347 cm³/mol. The molecule has 3 fully saturated rings. The van der Waals surface area contributed by atoms with Crippen LogP contribution in [0.3, 0.4) is 0 Å². The molecule has 13 aromatic rings. The molecule has 3 N–H and O–H groups in total. The van der Waals surface area contributed by atoms with Gasteiger partial charge < -0.3 is 41.1 Å². The smallest absolute Gasteiger partial charge is 0.264 e. The summed E-state index contributed by atoms with van der Waals surface area (Å²) in [7, 11) is 9.42. The standard InChI is InChI=1S/C24H22N8O.C15H13N3O.C10H11BN4.C9H6BrNO.C6H8N2.CH3.W/c1-29(2)32-15-26-28-23(32)20-4-3-5-22(27-20)31-11-10-16-8-9-18(12-19(16)24(31)33)30-13-21(25-14-30)17-6-7-17;19-15-13-7-12(4-3-10(13)5-6-16-15)18-8-14(17-9-18)11-1-2-11;1-7(2)15-6-12-14-10(15)8-4-3-5-9(11)13-8;10-7-2-1-6-3-4-11-9(12)8(6)5-7;1-2-5(1)6-3-7-4-8-6;;/h3-5,8-15,17H,6-7H2,1-2H3;3-9,11H,1-2H2,(H,16,19);3-7H,1-2H3;1-5H,(H,11,12);3-5H,1-2H2,(H,7,8);1H3;/q;;;;;-1;. The minimum atomic E-state index is -0.129. The molecule has 448 valence electrons. The van der Waals surface area contributed by atoms with Crippen molar-refractivity contribution in [2.75, 3.05) is 19.1 Å². The summed E-state index contributed by atoms with van der Waals surface area (Å²) < 4.78 is 10.2. The van der Waals surface area contributed by atoms with E-state index in [1.807, 2.05) is 155 Å². The van der Waals surface area contributed by atoms with Crippen molar-refractivity contribution in [1.29, 1.82) is 0 Å². The van der Waals surface area contributed by atoms with Crippen molar-refractivity contribution in [2.24, 2.45) is 0 Å². The van der Waals surface area contributed by atoms with Gasteiger partial charge in [0, 0.05) is 134 Å². The number of rotatable bonds is 10. The first-order valence-corrected chi connectivity index (χ1v) is 29.4. The molecule has 0 amide bonds. The Balaban J connectivity index is 0.000000133. The second-order valence-electron chi connectivity index (χ2n) is 22.0. The number of halogens is 1. The number of imidazole rings is 3. The first kappa shape index (κ1) is 62.6. The number of fused-ring (bicyclic) bond motifs is 3. The van der Waals surface area contributed by atoms with E-state index in [9.17, 15) is 14.4 Å². The number of aromatic amines is 3. The van der Waals surface area contributed by atoms with Gasteiger partial charge in [0.1, 0.15) is 37.7 Å². The predicted octanol–water partition coefficient (Wildman–Crippen LogP) is 10.2. The Morgan fingerprint density at radius 3 is 1.76 bits per heavy atom. The quantitative estimate of drug-likeness (QED) is 0.0854. The van der Waals surface area contributed by atoms with Crippen LogP contribution in [-0.4, -0.2) is 105 Å². The monoisotopic (exact) mass is 1420 g/mol. The third-order valence-corrected chi connectivity index (χ3v) is 15.5. The van der Waals surface area contributed by atoms with E-state index in [-0.39, 0.29) is 45.2 Å². The summed E-state index contributed by atoms with van der Waals surface area (Å²) in [5.41, 5.74) is 7.11. The van der Waals surface area contributed by atoms with Crippen LogP contribution in [0, 0.1) is 7.43 Å². The van der Waals surface area contributed by atoms with Crippen molar-refractivity contribution in [3.05, 3.63) is 238 Å². The molecular formula is C65H63BBrN18O3W-. The molecule has 0 unspecified atom stereocenters. The fourth-order valence-corrected chi connectivity index (χ4v) is 10.2. The van der Waals surface area contributed by atoms with E-state index in [0.717, 1.165) is 60.8 Å². The van der Waals surface area contributed by atoms with Gasteiger partial charge in [-0.25, -0.2) is 24.6 Å². The van der Waals surface area contributed by atoms with Gasteiger partial charge in [0.15, 0.2) is 5.82 Å². The minimum absolute atomic E-state index is 0. The average Bonchev–Trinajstić information content (AvgIpc) is 1.74. The Morgan fingerprint density at radius 1 is 0.618 bits per heavy atom. The van der Waals surface area contributed by atoms with E-state index in [2.05, 4.69) is 97.5 Å². The molecule has 3 saturated carbocycles. The largest absolute Gasteiger partial charge is 0.358 e. The molecule has 24 heteroatoms. The molecule has 0 saturated heterocycles. The molecule has 89 heavy (non-hydrogen) atoms. The van der Waals surface area contributed by atoms with Gasteiger partial charge in [-0.05, 0) is 147 Å². The van der Waals surface area contributed by atoms with Gasteiger partial charge in [-0.15, -0.1) is 20.4 Å². The summed E-state index contributed by atoms with van der Waals surface area (Å²) in [5, 5.41) is 22.8. The van der Waals surface area contributed by atoms with Crippen molar-refractivity contribution in [3.8, 4) is 40.2 Å². The van der Waals surface area contributed by atoms with Crippen LogP contribution in [0.4, 0.5) is 0 Å². The van der Waals surface area contributed by atoms with Gasteiger partial charge in [-0.3, -0.25) is 23.9 Å². The number of pyridine rings is 5. The van der Waals surface area contributed by atoms with Gasteiger partial charge in [0.05, 0.1) is 30.4 Å². The molecule has 3 aromatic carbocycles. The molecule has 10 heterocycles. The number of H-pyrrole nitrogens is 3. The molecular weight excluding hydrogens is 1360 g/mol. The number of benzene rings is 3. The van der Waals surface area contributed by atoms with Crippen molar-refractivity contribution in [1.82, 2.24) is 83.2 Å². The summed E-state index contributed by atoms with van der Waals surface area (Å²) in [6.45, 7) is 4.14. The molecule has 0 aliphatic heterocycles. The summed E-state index contributed by atoms with van der Waals surface area (Å²) in [4.78, 5) is 66.8. The zero-order chi connectivity index (χ0) is 60.1. The SMILES string of the molecule is CN(C)n1cnnc1-c1cccc(-n2ccc3ccc(-n4cnc(C5CC5)c4)cc3c2=O)n1.O=c1[nH]ccc2ccc(-n3cnc(C4CC4)c3)cc12.O=c1[nH]ccc2ccc(Br)cc12.[B]c1cccc(-c2nncn2C(C)C)n1.[CH3-].[W].c1ncc(C2CC2)[nH]1. The molecule has 21 nitrogen and oxygen atoms in total. The van der Waals surface area contributed by atoms with Gasteiger partial charge in [-0.1, -0.05) is 52.3 Å². The molecule has 0 bridgehead atoms. The molecule has 0 spiro atoms. The summed E-state index contributed by atoms with van der Waals surface area (Å²) in [6, 6.07) is 34.5. The second kappa shape index (κ2) is 27.7. The Hall–Kier alpha value is -9.47.